The topological polar surface area (TPSA) is 76.0 Å². The van der Waals surface area contributed by atoms with E-state index >= 15 is 0 Å². The molecular weight excluding hydrogens is 534 g/mol. The summed E-state index contributed by atoms with van der Waals surface area (Å²) in [5.74, 6) is 0. The summed E-state index contributed by atoms with van der Waals surface area (Å²) in [5.41, 5.74) is 1.95. The Balaban J connectivity index is 1.35. The predicted octanol–water partition coefficient (Wildman–Crippen LogP) is 6.12. The third-order valence-electron chi connectivity index (χ3n) is 9.23. The van der Waals surface area contributed by atoms with Gasteiger partial charge in [-0.2, -0.15) is 0 Å². The second-order valence-electron chi connectivity index (χ2n) is 11.7. The quantitative estimate of drug-likeness (QED) is 0.271. The van der Waals surface area contributed by atoms with E-state index in [9.17, 15) is 15.0 Å². The van der Waals surface area contributed by atoms with E-state index in [1.807, 2.05) is 36.4 Å². The van der Waals surface area contributed by atoms with Crippen molar-refractivity contribution in [2.75, 3.05) is 39.3 Å². The zero-order valence-electron chi connectivity index (χ0n) is 23.7. The van der Waals surface area contributed by atoms with Crippen molar-refractivity contribution in [3.63, 3.8) is 0 Å². The Morgan fingerprint density at radius 2 is 1.49 bits per heavy atom. The molecule has 3 aromatic rings. The van der Waals surface area contributed by atoms with Crippen LogP contribution in [-0.4, -0.2) is 71.4 Å². The molecule has 0 radical (unpaired) electrons. The summed E-state index contributed by atoms with van der Waals surface area (Å²) in [7, 11) is 0. The lowest BCUT2D eigenvalue weighted by Gasteiger charge is -2.43. The van der Waals surface area contributed by atoms with E-state index in [1.165, 1.54) is 0 Å². The van der Waals surface area contributed by atoms with Gasteiger partial charge in [-0.15, -0.1) is 0 Å². The normalized spacial score (nSPS) is 18.2. The summed E-state index contributed by atoms with van der Waals surface area (Å²) in [6.45, 7) is 4.65. The average Bonchev–Trinajstić information content (AvgIpc) is 3.01. The highest BCUT2D eigenvalue weighted by molar-refractivity contribution is 6.30. The van der Waals surface area contributed by atoms with Crippen molar-refractivity contribution >= 4 is 17.7 Å². The highest BCUT2D eigenvalue weighted by Crippen LogP contribution is 2.40. The monoisotopic (exact) mass is 575 g/mol. The Labute approximate surface area is 248 Å². The number of likely N-dealkylation sites (tertiary alicyclic amines) is 1. The Kier molecular flexibility index (Phi) is 9.66. The molecule has 7 heteroatoms. The third kappa shape index (κ3) is 6.95. The zero-order chi connectivity index (χ0) is 28.7. The van der Waals surface area contributed by atoms with E-state index in [1.54, 1.807) is 4.90 Å². The van der Waals surface area contributed by atoms with Crippen molar-refractivity contribution in [2.45, 2.75) is 55.6 Å². The van der Waals surface area contributed by atoms with Gasteiger partial charge in [0.05, 0.1) is 5.60 Å². The van der Waals surface area contributed by atoms with Crippen molar-refractivity contribution in [1.29, 1.82) is 0 Å². The molecule has 0 bridgehead atoms. The van der Waals surface area contributed by atoms with Crippen LogP contribution in [0.15, 0.2) is 84.9 Å². The lowest BCUT2D eigenvalue weighted by Crippen LogP contribution is -2.52. The van der Waals surface area contributed by atoms with E-state index in [0.717, 1.165) is 75.1 Å². The number of carbonyl (C=O) groups is 1. The molecule has 1 amide bonds. The minimum atomic E-state index is -0.842. The van der Waals surface area contributed by atoms with E-state index < -0.39 is 17.1 Å². The van der Waals surface area contributed by atoms with E-state index in [2.05, 4.69) is 58.7 Å². The van der Waals surface area contributed by atoms with Gasteiger partial charge in [0.25, 0.3) is 0 Å². The van der Waals surface area contributed by atoms with Gasteiger partial charge in [0, 0.05) is 36.1 Å². The molecule has 2 saturated heterocycles. The molecule has 0 unspecified atom stereocenters. The molecule has 0 atom stereocenters. The number of piperidine rings is 2. The molecule has 0 aliphatic carbocycles. The fraction of sp³-hybridized carbons (Fsp3) is 0.441. The maximum atomic E-state index is 12.7. The molecule has 0 aromatic heterocycles. The Bertz CT molecular complexity index is 1200. The van der Waals surface area contributed by atoms with Crippen molar-refractivity contribution < 1.29 is 15.0 Å². The Morgan fingerprint density at radius 1 is 0.927 bits per heavy atom. The van der Waals surface area contributed by atoms with Crippen LogP contribution in [0.1, 0.15) is 55.2 Å². The molecule has 2 fully saturated rings. The number of hydrogen-bond donors (Lipinski definition) is 3. The molecule has 5 rings (SSSR count). The number of benzene rings is 3. The van der Waals surface area contributed by atoms with E-state index in [4.69, 9.17) is 11.6 Å². The van der Waals surface area contributed by atoms with E-state index in [-0.39, 0.29) is 6.04 Å². The van der Waals surface area contributed by atoms with Crippen LogP contribution < -0.4 is 5.32 Å². The summed E-state index contributed by atoms with van der Waals surface area (Å²) in [6.07, 6.45) is 3.92. The summed E-state index contributed by atoms with van der Waals surface area (Å²) in [5, 5.41) is 25.8. The number of amides is 1. The highest BCUT2D eigenvalue weighted by Gasteiger charge is 2.40. The first kappa shape index (κ1) is 29.6. The van der Waals surface area contributed by atoms with Crippen LogP contribution in [0.2, 0.25) is 5.02 Å². The first-order valence-corrected chi connectivity index (χ1v) is 15.3. The van der Waals surface area contributed by atoms with Gasteiger partial charge < -0.3 is 25.3 Å². The van der Waals surface area contributed by atoms with Gasteiger partial charge in [0.1, 0.15) is 0 Å². The minimum Gasteiger partial charge on any atom is -0.465 e. The molecule has 41 heavy (non-hydrogen) atoms. The maximum Gasteiger partial charge on any atom is 0.407 e. The summed E-state index contributed by atoms with van der Waals surface area (Å²) in [4.78, 5) is 16.9. The smallest absolute Gasteiger partial charge is 0.407 e. The molecule has 6 nitrogen and oxygen atoms in total. The van der Waals surface area contributed by atoms with Gasteiger partial charge in [-0.25, -0.2) is 4.79 Å². The molecule has 2 aliphatic heterocycles. The second kappa shape index (κ2) is 13.4. The standard InChI is InChI=1S/C34H42ClN3O3/c35-30-14-12-29(13-15-30)34(41)19-24-37(25-20-34)23-7-18-33(27-8-3-1-4-9-27,28-10-5-2-6-11-28)26-38(32(39)40)31-16-21-36-22-17-31/h1-6,8-15,31,36,41H,7,16-26H2,(H,39,40). The molecule has 2 heterocycles. The number of nitrogens with zero attached hydrogens (tertiary/aromatic N) is 2. The van der Waals surface area contributed by atoms with Crippen LogP contribution in [-0.2, 0) is 11.0 Å². The molecule has 218 valence electrons. The predicted molar refractivity (Wildman–Crippen MR) is 165 cm³/mol. The van der Waals surface area contributed by atoms with Crippen molar-refractivity contribution in [1.82, 2.24) is 15.1 Å². The fourth-order valence-electron chi connectivity index (χ4n) is 6.79. The van der Waals surface area contributed by atoms with Gasteiger partial charge in [0.15, 0.2) is 0 Å². The van der Waals surface area contributed by atoms with E-state index in [0.29, 0.717) is 24.4 Å². The summed E-state index contributed by atoms with van der Waals surface area (Å²) in [6, 6.07) is 28.5. The van der Waals surface area contributed by atoms with Gasteiger partial charge in [-0.3, -0.25) is 0 Å². The summed E-state index contributed by atoms with van der Waals surface area (Å²) >= 11 is 6.07. The number of halogens is 1. The lowest BCUT2D eigenvalue weighted by atomic mass is 9.70. The second-order valence-corrected chi connectivity index (χ2v) is 12.1. The molecule has 3 aromatic carbocycles. The number of rotatable bonds is 10. The lowest BCUT2D eigenvalue weighted by molar-refractivity contribution is -0.0263. The van der Waals surface area contributed by atoms with Crippen molar-refractivity contribution in [3.05, 3.63) is 107 Å². The molecular formula is C34H42ClN3O3. The maximum absolute atomic E-state index is 12.7. The SMILES string of the molecule is O=C(O)N(CC(CCCN1CCC(O)(c2ccc(Cl)cc2)CC1)(c1ccccc1)c1ccccc1)C1CCNCC1. The fourth-order valence-corrected chi connectivity index (χ4v) is 6.92. The van der Waals surface area contributed by atoms with Crippen LogP contribution >= 0.6 is 11.6 Å². The number of carboxylic acid groups (broad SMARTS) is 1. The highest BCUT2D eigenvalue weighted by atomic mass is 35.5. The molecule has 0 spiro atoms. The number of nitrogens with one attached hydrogen (secondary N) is 1. The minimum absolute atomic E-state index is 0.00758. The van der Waals surface area contributed by atoms with Crippen LogP contribution in [0.25, 0.3) is 0 Å². The number of hydrogen-bond acceptors (Lipinski definition) is 4. The molecule has 3 N–H and O–H groups in total. The van der Waals surface area contributed by atoms with Crippen LogP contribution in [0, 0.1) is 0 Å². The van der Waals surface area contributed by atoms with Gasteiger partial charge >= 0.3 is 6.09 Å². The first-order chi connectivity index (χ1) is 19.9. The van der Waals surface area contributed by atoms with Crippen LogP contribution in [0.4, 0.5) is 4.79 Å². The van der Waals surface area contributed by atoms with Gasteiger partial charge in [-0.1, -0.05) is 84.4 Å². The average molecular weight is 576 g/mol. The number of aliphatic hydroxyl groups is 1. The van der Waals surface area contributed by atoms with Crippen molar-refractivity contribution in [3.8, 4) is 0 Å². The van der Waals surface area contributed by atoms with Crippen molar-refractivity contribution in [2.24, 2.45) is 0 Å². The summed E-state index contributed by atoms with van der Waals surface area (Å²) < 4.78 is 0. The van der Waals surface area contributed by atoms with Gasteiger partial charge in [0.2, 0.25) is 0 Å². The van der Waals surface area contributed by atoms with Gasteiger partial charge in [-0.05, 0) is 87.0 Å². The van der Waals surface area contributed by atoms with Crippen LogP contribution in [0.3, 0.4) is 0 Å². The van der Waals surface area contributed by atoms with Crippen LogP contribution in [0.5, 0.6) is 0 Å². The molecule has 0 saturated carbocycles. The first-order valence-electron chi connectivity index (χ1n) is 14.9. The third-order valence-corrected chi connectivity index (χ3v) is 9.48. The Hall–Kier alpha value is -2.90. The Morgan fingerprint density at radius 3 is 2.02 bits per heavy atom. The molecule has 2 aliphatic rings. The zero-order valence-corrected chi connectivity index (χ0v) is 24.5. The largest absolute Gasteiger partial charge is 0.465 e.